The van der Waals surface area contributed by atoms with E-state index in [0.29, 0.717) is 5.92 Å². The molecule has 2 fully saturated rings. The molecule has 0 aromatic rings. The van der Waals surface area contributed by atoms with Crippen molar-refractivity contribution in [1.82, 2.24) is 0 Å². The third-order valence-electron chi connectivity index (χ3n) is 3.77. The molecule has 3 heteroatoms. The number of fused-ring (bicyclic) bond motifs is 1. The lowest BCUT2D eigenvalue weighted by molar-refractivity contribution is -0.142. The van der Waals surface area contributed by atoms with Crippen LogP contribution in [-0.4, -0.2) is 16.6 Å². The summed E-state index contributed by atoms with van der Waals surface area (Å²) in [5.41, 5.74) is 5.71. The van der Waals surface area contributed by atoms with Crippen molar-refractivity contribution >= 4 is 5.97 Å². The molecule has 3 unspecified atom stereocenters. The molecule has 0 bridgehead atoms. The van der Waals surface area contributed by atoms with Gasteiger partial charge in [-0.3, -0.25) is 4.79 Å². The number of carbonyl (C=O) groups is 1. The molecule has 0 spiro atoms. The van der Waals surface area contributed by atoms with Gasteiger partial charge in [-0.2, -0.15) is 0 Å². The lowest BCUT2D eigenvalue weighted by Gasteiger charge is -2.55. The number of hydrogen-bond acceptors (Lipinski definition) is 2. The van der Waals surface area contributed by atoms with Gasteiger partial charge in [-0.1, -0.05) is 19.3 Å². The molecule has 0 saturated heterocycles. The Morgan fingerprint density at radius 3 is 2.77 bits per heavy atom. The number of carboxylic acid groups (broad SMARTS) is 1. The molecular weight excluding hydrogens is 166 g/mol. The van der Waals surface area contributed by atoms with Crippen molar-refractivity contribution in [2.75, 3.05) is 0 Å². The van der Waals surface area contributed by atoms with E-state index in [2.05, 4.69) is 0 Å². The summed E-state index contributed by atoms with van der Waals surface area (Å²) in [4.78, 5) is 10.6. The van der Waals surface area contributed by atoms with E-state index in [-0.39, 0.29) is 12.0 Å². The third kappa shape index (κ3) is 1.46. The molecule has 0 aromatic heterocycles. The summed E-state index contributed by atoms with van der Waals surface area (Å²) in [6.45, 7) is 0. The second-order valence-electron chi connectivity index (χ2n) is 4.66. The van der Waals surface area contributed by atoms with Crippen molar-refractivity contribution in [3.63, 3.8) is 0 Å². The Morgan fingerprint density at radius 1 is 1.46 bits per heavy atom. The van der Waals surface area contributed by atoms with Gasteiger partial charge in [-0.25, -0.2) is 0 Å². The van der Waals surface area contributed by atoms with Gasteiger partial charge in [0.25, 0.3) is 0 Å². The highest BCUT2D eigenvalue weighted by molar-refractivity contribution is 5.68. The van der Waals surface area contributed by atoms with Gasteiger partial charge in [0.2, 0.25) is 0 Å². The van der Waals surface area contributed by atoms with Gasteiger partial charge in [0.1, 0.15) is 0 Å². The molecular formula is C10H17NO2. The second-order valence-corrected chi connectivity index (χ2v) is 4.66. The van der Waals surface area contributed by atoms with E-state index >= 15 is 0 Å². The van der Waals surface area contributed by atoms with Gasteiger partial charge in [0.15, 0.2) is 0 Å². The number of rotatable bonds is 2. The molecule has 0 amide bonds. The minimum Gasteiger partial charge on any atom is -0.481 e. The van der Waals surface area contributed by atoms with Crippen LogP contribution in [0.15, 0.2) is 0 Å². The summed E-state index contributed by atoms with van der Waals surface area (Å²) in [5, 5.41) is 8.72. The quantitative estimate of drug-likeness (QED) is 0.679. The Labute approximate surface area is 78.3 Å². The van der Waals surface area contributed by atoms with Crippen molar-refractivity contribution in [2.45, 2.75) is 44.1 Å². The normalized spacial score (nSPS) is 43.5. The summed E-state index contributed by atoms with van der Waals surface area (Å²) in [6.07, 6.45) is 6.06. The highest BCUT2D eigenvalue weighted by Gasteiger charge is 2.52. The maximum absolute atomic E-state index is 10.6. The van der Waals surface area contributed by atoms with Crippen LogP contribution in [0.1, 0.15) is 38.5 Å². The summed E-state index contributed by atoms with van der Waals surface area (Å²) in [5.74, 6) is 0.488. The van der Waals surface area contributed by atoms with E-state index in [1.807, 2.05) is 0 Å². The van der Waals surface area contributed by atoms with Crippen LogP contribution in [0.3, 0.4) is 0 Å². The van der Waals surface area contributed by atoms with Crippen LogP contribution >= 0.6 is 0 Å². The Kier molecular flexibility index (Phi) is 2.06. The lowest BCUT2D eigenvalue weighted by atomic mass is 9.53. The van der Waals surface area contributed by atoms with Gasteiger partial charge < -0.3 is 10.8 Å². The maximum atomic E-state index is 10.6. The van der Waals surface area contributed by atoms with E-state index < -0.39 is 5.97 Å². The molecule has 2 rings (SSSR count). The Hall–Kier alpha value is -0.570. The van der Waals surface area contributed by atoms with E-state index in [1.165, 1.54) is 19.3 Å². The van der Waals surface area contributed by atoms with Crippen LogP contribution in [0, 0.1) is 11.8 Å². The van der Waals surface area contributed by atoms with Crippen molar-refractivity contribution in [1.29, 1.82) is 0 Å². The van der Waals surface area contributed by atoms with E-state index in [9.17, 15) is 4.79 Å². The van der Waals surface area contributed by atoms with Gasteiger partial charge in [0, 0.05) is 5.54 Å². The van der Waals surface area contributed by atoms with Crippen LogP contribution in [0.2, 0.25) is 0 Å². The maximum Gasteiger partial charge on any atom is 0.305 e. The molecule has 2 aliphatic rings. The molecule has 0 aromatic carbocycles. The van der Waals surface area contributed by atoms with Crippen molar-refractivity contribution in [3.8, 4) is 0 Å². The number of hydrogen-bond donors (Lipinski definition) is 2. The molecule has 13 heavy (non-hydrogen) atoms. The first kappa shape index (κ1) is 9.00. The van der Waals surface area contributed by atoms with Crippen molar-refractivity contribution in [3.05, 3.63) is 0 Å². The predicted molar refractivity (Wildman–Crippen MR) is 49.2 cm³/mol. The summed E-state index contributed by atoms with van der Waals surface area (Å²) in [6, 6.07) is 0. The first-order valence-electron chi connectivity index (χ1n) is 5.12. The summed E-state index contributed by atoms with van der Waals surface area (Å²) in [7, 11) is 0. The Bertz CT molecular complexity index is 229. The Balaban J connectivity index is 1.98. The van der Waals surface area contributed by atoms with Crippen molar-refractivity contribution in [2.24, 2.45) is 17.6 Å². The van der Waals surface area contributed by atoms with Gasteiger partial charge in [-0.15, -0.1) is 0 Å². The zero-order valence-electron chi connectivity index (χ0n) is 7.83. The number of nitrogens with two attached hydrogens (primary N) is 1. The van der Waals surface area contributed by atoms with E-state index in [0.717, 1.165) is 18.8 Å². The molecule has 0 heterocycles. The molecule has 2 aliphatic carbocycles. The highest BCUT2D eigenvalue weighted by atomic mass is 16.4. The fourth-order valence-corrected chi connectivity index (χ4v) is 3.17. The third-order valence-corrected chi connectivity index (χ3v) is 3.77. The summed E-state index contributed by atoms with van der Waals surface area (Å²) < 4.78 is 0. The molecule has 3 N–H and O–H groups in total. The predicted octanol–water partition coefficient (Wildman–Crippen LogP) is 1.37. The van der Waals surface area contributed by atoms with Crippen molar-refractivity contribution < 1.29 is 9.90 Å². The minimum absolute atomic E-state index is 0.161. The highest BCUT2D eigenvalue weighted by Crippen LogP contribution is 2.51. The van der Waals surface area contributed by atoms with E-state index in [4.69, 9.17) is 10.8 Å². The van der Waals surface area contributed by atoms with Gasteiger partial charge in [0.05, 0.1) is 6.42 Å². The molecule has 74 valence electrons. The van der Waals surface area contributed by atoms with Crippen LogP contribution < -0.4 is 5.73 Å². The molecule has 0 aliphatic heterocycles. The fourth-order valence-electron chi connectivity index (χ4n) is 3.17. The summed E-state index contributed by atoms with van der Waals surface area (Å²) >= 11 is 0. The fraction of sp³-hybridized carbons (Fsp3) is 0.900. The lowest BCUT2D eigenvalue weighted by Crippen LogP contribution is -2.62. The zero-order chi connectivity index (χ0) is 9.47. The second kappa shape index (κ2) is 2.98. The zero-order valence-corrected chi connectivity index (χ0v) is 7.83. The standard InChI is InChI=1S/C10H17NO2/c11-10(6-9(12)13)5-7-3-1-2-4-8(7)10/h7-8H,1-6,11H2,(H,12,13). The van der Waals surface area contributed by atoms with Crippen LogP contribution in [0.5, 0.6) is 0 Å². The smallest absolute Gasteiger partial charge is 0.305 e. The average Bonchev–Trinajstić information content (AvgIpc) is 2.02. The average molecular weight is 183 g/mol. The first-order valence-corrected chi connectivity index (χ1v) is 5.12. The minimum atomic E-state index is -0.744. The Morgan fingerprint density at radius 2 is 2.15 bits per heavy atom. The monoisotopic (exact) mass is 183 g/mol. The molecule has 3 nitrogen and oxygen atoms in total. The van der Waals surface area contributed by atoms with Crippen LogP contribution in [-0.2, 0) is 4.79 Å². The topological polar surface area (TPSA) is 63.3 Å². The molecule has 3 atom stereocenters. The van der Waals surface area contributed by atoms with E-state index in [1.54, 1.807) is 0 Å². The molecule has 2 saturated carbocycles. The number of aliphatic carboxylic acids is 1. The van der Waals surface area contributed by atoms with Crippen LogP contribution in [0.25, 0.3) is 0 Å². The SMILES string of the molecule is NC1(CC(=O)O)CC2CCCCC21. The first-order chi connectivity index (χ1) is 6.12. The largest absolute Gasteiger partial charge is 0.481 e. The van der Waals surface area contributed by atoms with Gasteiger partial charge >= 0.3 is 5.97 Å². The molecule has 0 radical (unpaired) electrons. The van der Waals surface area contributed by atoms with Gasteiger partial charge in [-0.05, 0) is 24.7 Å². The van der Waals surface area contributed by atoms with Crippen LogP contribution in [0.4, 0.5) is 0 Å². The number of carboxylic acids is 1.